The van der Waals surface area contributed by atoms with Gasteiger partial charge in [-0.3, -0.25) is 14.4 Å². The van der Waals surface area contributed by atoms with Crippen LogP contribution in [0.3, 0.4) is 0 Å². The SMILES string of the molecule is CCCOc1ccc(NC(=O)C(=O)N/N=C\c2cc(I)c(OCC(=O)Nc3cccc(C)c3)c(OCC)c2)cc1. The number of aryl methyl sites for hydroxylation is 1. The van der Waals surface area contributed by atoms with Gasteiger partial charge in [0.05, 0.1) is 23.0 Å². The van der Waals surface area contributed by atoms with E-state index in [1.165, 1.54) is 6.21 Å². The highest BCUT2D eigenvalue weighted by molar-refractivity contribution is 14.1. The highest BCUT2D eigenvalue weighted by Gasteiger charge is 2.15. The van der Waals surface area contributed by atoms with Crippen LogP contribution in [-0.4, -0.2) is 43.8 Å². The third-order valence-electron chi connectivity index (χ3n) is 5.15. The predicted molar refractivity (Wildman–Crippen MR) is 162 cm³/mol. The molecule has 0 aliphatic heterocycles. The lowest BCUT2D eigenvalue weighted by atomic mass is 10.2. The van der Waals surface area contributed by atoms with Gasteiger partial charge in [-0.25, -0.2) is 5.43 Å². The summed E-state index contributed by atoms with van der Waals surface area (Å²) in [7, 11) is 0. The van der Waals surface area contributed by atoms with Gasteiger partial charge in [0.1, 0.15) is 5.75 Å². The summed E-state index contributed by atoms with van der Waals surface area (Å²) in [6, 6.07) is 17.6. The first kappa shape index (κ1) is 30.4. The Balaban J connectivity index is 1.57. The van der Waals surface area contributed by atoms with Crippen molar-refractivity contribution in [2.45, 2.75) is 27.2 Å². The van der Waals surface area contributed by atoms with Gasteiger partial charge in [-0.1, -0.05) is 19.1 Å². The van der Waals surface area contributed by atoms with Gasteiger partial charge in [-0.2, -0.15) is 5.10 Å². The molecule has 0 heterocycles. The fourth-order valence-electron chi connectivity index (χ4n) is 3.38. The van der Waals surface area contributed by atoms with E-state index in [9.17, 15) is 14.4 Å². The first-order chi connectivity index (χ1) is 19.3. The molecule has 210 valence electrons. The van der Waals surface area contributed by atoms with Crippen molar-refractivity contribution in [2.75, 3.05) is 30.5 Å². The zero-order chi connectivity index (χ0) is 28.9. The van der Waals surface area contributed by atoms with Crippen LogP contribution in [0.5, 0.6) is 17.2 Å². The number of halogens is 1. The zero-order valence-corrected chi connectivity index (χ0v) is 24.6. The Hall–Kier alpha value is -4.13. The highest BCUT2D eigenvalue weighted by atomic mass is 127. The van der Waals surface area contributed by atoms with Crippen molar-refractivity contribution in [2.24, 2.45) is 5.10 Å². The molecule has 0 aliphatic rings. The van der Waals surface area contributed by atoms with Gasteiger partial charge in [-0.05, 0) is 103 Å². The van der Waals surface area contributed by atoms with E-state index in [2.05, 4.69) is 43.8 Å². The molecule has 11 heteroatoms. The molecule has 3 aromatic rings. The van der Waals surface area contributed by atoms with Gasteiger partial charge in [-0.15, -0.1) is 0 Å². The Morgan fingerprint density at radius 2 is 1.68 bits per heavy atom. The molecule has 0 saturated carbocycles. The number of rotatable bonds is 12. The number of hydrogen-bond acceptors (Lipinski definition) is 7. The molecule has 0 radical (unpaired) electrons. The van der Waals surface area contributed by atoms with Crippen molar-refractivity contribution in [3.05, 3.63) is 75.4 Å². The van der Waals surface area contributed by atoms with Crippen LogP contribution in [0.4, 0.5) is 11.4 Å². The molecular formula is C29H31IN4O6. The molecule has 0 spiro atoms. The lowest BCUT2D eigenvalue weighted by Crippen LogP contribution is -2.32. The summed E-state index contributed by atoms with van der Waals surface area (Å²) in [5.41, 5.74) is 4.97. The van der Waals surface area contributed by atoms with Gasteiger partial charge < -0.3 is 24.8 Å². The molecule has 3 rings (SSSR count). The number of ether oxygens (including phenoxy) is 3. The van der Waals surface area contributed by atoms with E-state index < -0.39 is 11.8 Å². The summed E-state index contributed by atoms with van der Waals surface area (Å²) in [6.07, 6.45) is 2.26. The number of benzene rings is 3. The normalized spacial score (nSPS) is 10.6. The minimum Gasteiger partial charge on any atom is -0.494 e. The van der Waals surface area contributed by atoms with Crippen LogP contribution in [0.2, 0.25) is 0 Å². The molecule has 0 fully saturated rings. The second kappa shape index (κ2) is 15.5. The quantitative estimate of drug-likeness (QED) is 0.110. The van der Waals surface area contributed by atoms with Gasteiger partial charge in [0.25, 0.3) is 5.91 Å². The van der Waals surface area contributed by atoms with Crippen LogP contribution in [0, 0.1) is 10.5 Å². The van der Waals surface area contributed by atoms with Crippen LogP contribution in [-0.2, 0) is 14.4 Å². The smallest absolute Gasteiger partial charge is 0.329 e. The van der Waals surface area contributed by atoms with Crippen LogP contribution < -0.4 is 30.3 Å². The van der Waals surface area contributed by atoms with Crippen molar-refractivity contribution in [3.8, 4) is 17.2 Å². The van der Waals surface area contributed by atoms with Gasteiger partial charge >= 0.3 is 11.8 Å². The van der Waals surface area contributed by atoms with Crippen LogP contribution in [0.15, 0.2) is 65.8 Å². The van der Waals surface area contributed by atoms with Crippen LogP contribution in [0.1, 0.15) is 31.4 Å². The van der Waals surface area contributed by atoms with Crippen molar-refractivity contribution in [3.63, 3.8) is 0 Å². The van der Waals surface area contributed by atoms with E-state index in [4.69, 9.17) is 14.2 Å². The van der Waals surface area contributed by atoms with E-state index in [1.807, 2.05) is 39.0 Å². The molecule has 40 heavy (non-hydrogen) atoms. The number of amides is 3. The van der Waals surface area contributed by atoms with Crippen molar-refractivity contribution < 1.29 is 28.6 Å². The van der Waals surface area contributed by atoms with E-state index >= 15 is 0 Å². The molecule has 0 atom stereocenters. The molecule has 0 unspecified atom stereocenters. The minimum absolute atomic E-state index is 0.211. The first-order valence-corrected chi connectivity index (χ1v) is 13.7. The Morgan fingerprint density at radius 1 is 0.900 bits per heavy atom. The number of carbonyl (C=O) groups is 3. The largest absolute Gasteiger partial charge is 0.494 e. The lowest BCUT2D eigenvalue weighted by Gasteiger charge is -2.14. The van der Waals surface area contributed by atoms with E-state index in [1.54, 1.807) is 42.5 Å². The number of anilines is 2. The summed E-state index contributed by atoms with van der Waals surface area (Å²) in [6.45, 7) is 6.53. The summed E-state index contributed by atoms with van der Waals surface area (Å²) in [5.74, 6) is -0.602. The number of carbonyl (C=O) groups excluding carboxylic acids is 3. The summed E-state index contributed by atoms with van der Waals surface area (Å²) < 4.78 is 17.7. The van der Waals surface area contributed by atoms with E-state index in [0.717, 1.165) is 12.0 Å². The molecule has 3 N–H and O–H groups in total. The lowest BCUT2D eigenvalue weighted by molar-refractivity contribution is -0.136. The number of nitrogens with zero attached hydrogens (tertiary/aromatic N) is 1. The molecule has 0 saturated heterocycles. The fourth-order valence-corrected chi connectivity index (χ4v) is 4.16. The number of hydrogen-bond donors (Lipinski definition) is 3. The molecule has 0 aliphatic carbocycles. The minimum atomic E-state index is -0.929. The Kier molecular flexibility index (Phi) is 11.8. The Morgan fingerprint density at radius 3 is 2.38 bits per heavy atom. The third-order valence-corrected chi connectivity index (χ3v) is 5.95. The maximum Gasteiger partial charge on any atom is 0.329 e. The topological polar surface area (TPSA) is 127 Å². The second-order valence-corrected chi connectivity index (χ2v) is 9.66. The Bertz CT molecular complexity index is 1360. The van der Waals surface area contributed by atoms with Crippen molar-refractivity contribution in [1.82, 2.24) is 5.43 Å². The number of nitrogens with one attached hydrogen (secondary N) is 3. The van der Waals surface area contributed by atoms with Crippen molar-refractivity contribution >= 4 is 57.9 Å². The van der Waals surface area contributed by atoms with Gasteiger partial charge in [0, 0.05) is 11.4 Å². The summed E-state index contributed by atoms with van der Waals surface area (Å²) >= 11 is 2.06. The summed E-state index contributed by atoms with van der Waals surface area (Å²) in [4.78, 5) is 36.8. The second-order valence-electron chi connectivity index (χ2n) is 8.50. The maximum absolute atomic E-state index is 12.4. The standard InChI is InChI=1S/C29H31IN4O6/c1-4-13-39-23-11-9-21(10-12-23)33-28(36)29(37)34-31-17-20-15-24(30)27(25(16-20)38-5-2)40-18-26(35)32-22-8-6-7-19(3)14-22/h6-12,14-17H,4-5,13,18H2,1-3H3,(H,32,35)(H,33,36)(H,34,37)/b31-17-. The van der Waals surface area contributed by atoms with Gasteiger partial charge in [0.15, 0.2) is 18.1 Å². The highest BCUT2D eigenvalue weighted by Crippen LogP contribution is 2.34. The Labute approximate surface area is 246 Å². The number of hydrazone groups is 1. The monoisotopic (exact) mass is 658 g/mol. The fraction of sp³-hybridized carbons (Fsp3) is 0.241. The third kappa shape index (κ3) is 9.56. The first-order valence-electron chi connectivity index (χ1n) is 12.6. The molecule has 3 amide bonds. The van der Waals surface area contributed by atoms with E-state index in [-0.39, 0.29) is 12.5 Å². The predicted octanol–water partition coefficient (Wildman–Crippen LogP) is 4.89. The van der Waals surface area contributed by atoms with E-state index in [0.29, 0.717) is 51.0 Å². The van der Waals surface area contributed by atoms with Crippen LogP contribution >= 0.6 is 22.6 Å². The van der Waals surface area contributed by atoms with Gasteiger partial charge in [0.2, 0.25) is 0 Å². The molecule has 10 nitrogen and oxygen atoms in total. The molecule has 3 aromatic carbocycles. The molecule has 0 aromatic heterocycles. The summed E-state index contributed by atoms with van der Waals surface area (Å²) in [5, 5.41) is 9.19. The molecular weight excluding hydrogens is 627 g/mol. The zero-order valence-electron chi connectivity index (χ0n) is 22.5. The van der Waals surface area contributed by atoms with Crippen LogP contribution in [0.25, 0.3) is 0 Å². The maximum atomic E-state index is 12.4. The average Bonchev–Trinajstić information content (AvgIpc) is 2.92. The average molecular weight is 658 g/mol. The van der Waals surface area contributed by atoms with Crippen molar-refractivity contribution in [1.29, 1.82) is 0 Å². The molecule has 0 bridgehead atoms.